The molecule has 4 rings (SSSR count). The van der Waals surface area contributed by atoms with Crippen molar-refractivity contribution in [2.45, 2.75) is 25.4 Å². The lowest BCUT2D eigenvalue weighted by atomic mass is 9.82. The molecule has 1 aromatic rings. The van der Waals surface area contributed by atoms with Crippen molar-refractivity contribution in [2.24, 2.45) is 17.3 Å². The zero-order chi connectivity index (χ0) is 23.0. The molecule has 1 N–H and O–H groups in total. The number of ether oxygens (including phenoxy) is 3. The summed E-state index contributed by atoms with van der Waals surface area (Å²) >= 11 is 0. The molecule has 0 bridgehead atoms. The molecule has 3 heterocycles. The van der Waals surface area contributed by atoms with E-state index in [1.54, 1.807) is 0 Å². The summed E-state index contributed by atoms with van der Waals surface area (Å²) in [4.78, 5) is 11.5. The van der Waals surface area contributed by atoms with E-state index >= 15 is 0 Å². The molecule has 0 radical (unpaired) electrons. The minimum atomic E-state index is -5.08. The first-order valence-electron chi connectivity index (χ1n) is 11.1. The number of hydrogen-bond donors (Lipinski definition) is 1. The summed E-state index contributed by atoms with van der Waals surface area (Å²) in [5.41, 5.74) is 1.66. The van der Waals surface area contributed by atoms with E-state index in [9.17, 15) is 13.2 Å². The second kappa shape index (κ2) is 11.4. The van der Waals surface area contributed by atoms with E-state index in [2.05, 4.69) is 35.2 Å². The van der Waals surface area contributed by atoms with Gasteiger partial charge in [0.2, 0.25) is 0 Å². The Bertz CT molecular complexity index is 711. The summed E-state index contributed by atoms with van der Waals surface area (Å²) in [6.45, 7) is 8.75. The van der Waals surface area contributed by atoms with Gasteiger partial charge in [-0.3, -0.25) is 0 Å². The molecular weight excluding hydrogens is 427 g/mol. The summed E-state index contributed by atoms with van der Waals surface area (Å²) in [5, 5.41) is 7.12. The Morgan fingerprint density at radius 1 is 1.19 bits per heavy atom. The number of alkyl halides is 3. The Morgan fingerprint density at radius 2 is 1.88 bits per heavy atom. The molecule has 3 aliphatic rings. The van der Waals surface area contributed by atoms with Gasteiger partial charge < -0.3 is 24.2 Å². The quantitative estimate of drug-likeness (QED) is 0.675. The number of halogens is 3. The molecule has 6 nitrogen and oxygen atoms in total. The zero-order valence-electron chi connectivity index (χ0n) is 18.2. The fourth-order valence-corrected chi connectivity index (χ4v) is 4.59. The van der Waals surface area contributed by atoms with Crippen molar-refractivity contribution in [2.75, 3.05) is 59.3 Å². The molecule has 0 aromatic heterocycles. The monoisotopic (exact) mass is 459 g/mol. The van der Waals surface area contributed by atoms with Crippen LogP contribution in [0.4, 0.5) is 13.2 Å². The molecule has 0 spiro atoms. The van der Waals surface area contributed by atoms with E-state index in [0.717, 1.165) is 78.5 Å². The molecule has 2 atom stereocenters. The highest BCUT2D eigenvalue weighted by atomic mass is 19.4. The fraction of sp³-hybridized carbons (Fsp3) is 0.696. The third kappa shape index (κ3) is 7.16. The number of carboxylic acids is 1. The van der Waals surface area contributed by atoms with Crippen molar-refractivity contribution in [1.82, 2.24) is 4.90 Å². The summed E-state index contributed by atoms with van der Waals surface area (Å²) in [5.74, 6) is -1.44. The molecule has 0 aliphatic carbocycles. The number of nitrogens with zero attached hydrogens (tertiary/aromatic N) is 1. The highest BCUT2D eigenvalue weighted by Gasteiger charge is 2.50. The van der Waals surface area contributed by atoms with Crippen LogP contribution in [-0.2, 0) is 25.4 Å². The molecular formula is C23H32F3NO5. The molecule has 3 saturated heterocycles. The molecule has 1 aromatic carbocycles. The molecule has 0 amide bonds. The normalized spacial score (nSPS) is 26.4. The molecule has 3 aliphatic heterocycles. The fourth-order valence-electron chi connectivity index (χ4n) is 4.59. The standard InChI is InChI=1S/C21H31NO3.C2HF3O2/c1-2-4-18(5-3-1)6-9-22-12-20-14-25-17-21(20,15-22)16-24-13-19-7-10-23-11-8-19;3-2(4,5)1(6)7/h1-5,19-20H,6-17H2;(H,6,7)/t20-,21-;/m1./s1. The van der Waals surface area contributed by atoms with Gasteiger partial charge >= 0.3 is 12.1 Å². The lowest BCUT2D eigenvalue weighted by Gasteiger charge is -2.29. The molecule has 3 fully saturated rings. The molecule has 32 heavy (non-hydrogen) atoms. The van der Waals surface area contributed by atoms with Crippen LogP contribution in [0.15, 0.2) is 30.3 Å². The summed E-state index contributed by atoms with van der Waals surface area (Å²) in [6, 6.07) is 10.8. The maximum absolute atomic E-state index is 10.6. The van der Waals surface area contributed by atoms with Gasteiger partial charge in [-0.1, -0.05) is 30.3 Å². The van der Waals surface area contributed by atoms with Gasteiger partial charge in [-0.2, -0.15) is 13.2 Å². The van der Waals surface area contributed by atoms with Crippen molar-refractivity contribution in [1.29, 1.82) is 0 Å². The first-order valence-corrected chi connectivity index (χ1v) is 11.1. The van der Waals surface area contributed by atoms with Crippen molar-refractivity contribution in [3.63, 3.8) is 0 Å². The third-order valence-electron chi connectivity index (χ3n) is 6.48. The molecule has 0 unspecified atom stereocenters. The highest BCUT2D eigenvalue weighted by molar-refractivity contribution is 5.73. The lowest BCUT2D eigenvalue weighted by molar-refractivity contribution is -0.192. The van der Waals surface area contributed by atoms with Gasteiger partial charge in [0.15, 0.2) is 0 Å². The molecule has 180 valence electrons. The zero-order valence-corrected chi connectivity index (χ0v) is 18.2. The van der Waals surface area contributed by atoms with Gasteiger partial charge in [0.1, 0.15) is 0 Å². The van der Waals surface area contributed by atoms with Gasteiger partial charge in [0.05, 0.1) is 19.8 Å². The molecule has 0 saturated carbocycles. The topological polar surface area (TPSA) is 68.2 Å². The van der Waals surface area contributed by atoms with Gasteiger partial charge in [-0.15, -0.1) is 0 Å². The van der Waals surface area contributed by atoms with Crippen LogP contribution in [0.25, 0.3) is 0 Å². The van der Waals surface area contributed by atoms with Crippen LogP contribution < -0.4 is 0 Å². The van der Waals surface area contributed by atoms with Crippen LogP contribution in [-0.4, -0.2) is 81.4 Å². The molecule has 9 heteroatoms. The van der Waals surface area contributed by atoms with Crippen LogP contribution in [0.3, 0.4) is 0 Å². The smallest absolute Gasteiger partial charge is 0.475 e. The second-order valence-corrected chi connectivity index (χ2v) is 8.92. The number of benzene rings is 1. The minimum absolute atomic E-state index is 0.224. The Hall–Kier alpha value is -1.68. The number of carbonyl (C=O) groups is 1. The first kappa shape index (κ1) is 25.0. The predicted octanol–water partition coefficient (Wildman–Crippen LogP) is 3.25. The van der Waals surface area contributed by atoms with E-state index in [1.807, 2.05) is 0 Å². The summed E-state index contributed by atoms with van der Waals surface area (Å²) in [7, 11) is 0. The van der Waals surface area contributed by atoms with Gasteiger partial charge in [-0.05, 0) is 30.7 Å². The van der Waals surface area contributed by atoms with Crippen LogP contribution >= 0.6 is 0 Å². The maximum Gasteiger partial charge on any atom is 0.490 e. The number of aliphatic carboxylic acids is 1. The Morgan fingerprint density at radius 3 is 2.53 bits per heavy atom. The number of rotatable bonds is 7. The highest BCUT2D eigenvalue weighted by Crippen LogP contribution is 2.41. The maximum atomic E-state index is 10.6. The van der Waals surface area contributed by atoms with Crippen molar-refractivity contribution >= 4 is 5.97 Å². The largest absolute Gasteiger partial charge is 0.490 e. The average Bonchev–Trinajstić information content (AvgIpc) is 3.30. The van der Waals surface area contributed by atoms with Gasteiger partial charge in [-0.25, -0.2) is 4.79 Å². The van der Waals surface area contributed by atoms with Crippen molar-refractivity contribution < 1.29 is 37.3 Å². The van der Waals surface area contributed by atoms with E-state index in [1.165, 1.54) is 5.56 Å². The second-order valence-electron chi connectivity index (χ2n) is 8.92. The van der Waals surface area contributed by atoms with Crippen LogP contribution in [0.1, 0.15) is 18.4 Å². The number of likely N-dealkylation sites (tertiary alicyclic amines) is 1. The summed E-state index contributed by atoms with van der Waals surface area (Å²) < 4.78 is 49.2. The number of carboxylic acid groups (broad SMARTS) is 1. The van der Waals surface area contributed by atoms with Crippen LogP contribution in [0.2, 0.25) is 0 Å². The Labute approximate surface area is 186 Å². The predicted molar refractivity (Wildman–Crippen MR) is 111 cm³/mol. The average molecular weight is 460 g/mol. The van der Waals surface area contributed by atoms with Crippen molar-refractivity contribution in [3.8, 4) is 0 Å². The van der Waals surface area contributed by atoms with Gasteiger partial charge in [0, 0.05) is 50.8 Å². The lowest BCUT2D eigenvalue weighted by Crippen LogP contribution is -2.37. The van der Waals surface area contributed by atoms with E-state index < -0.39 is 12.1 Å². The number of hydrogen-bond acceptors (Lipinski definition) is 5. The van der Waals surface area contributed by atoms with Crippen LogP contribution in [0, 0.1) is 17.3 Å². The summed E-state index contributed by atoms with van der Waals surface area (Å²) in [6.07, 6.45) is -1.65. The van der Waals surface area contributed by atoms with E-state index in [0.29, 0.717) is 11.8 Å². The van der Waals surface area contributed by atoms with E-state index in [-0.39, 0.29) is 5.41 Å². The van der Waals surface area contributed by atoms with E-state index in [4.69, 9.17) is 24.1 Å². The number of fused-ring (bicyclic) bond motifs is 1. The van der Waals surface area contributed by atoms with Crippen molar-refractivity contribution in [3.05, 3.63) is 35.9 Å². The Kier molecular flexibility index (Phi) is 8.93. The SMILES string of the molecule is O=C(O)C(F)(F)F.c1ccc(CCN2C[C@@H]3COC[C@]3(COCC3CCOCC3)C2)cc1. The first-order chi connectivity index (χ1) is 15.3. The third-order valence-corrected chi connectivity index (χ3v) is 6.48. The minimum Gasteiger partial charge on any atom is -0.475 e. The van der Waals surface area contributed by atoms with Crippen LogP contribution in [0.5, 0.6) is 0 Å². The van der Waals surface area contributed by atoms with Gasteiger partial charge in [0.25, 0.3) is 0 Å². The Balaban J connectivity index is 0.000000360.